The number of nitrogens with zero attached hydrogens (tertiary/aromatic N) is 1. The number of hydrogen-bond donors (Lipinski definition) is 0. The quantitative estimate of drug-likeness (QED) is 0.242. The summed E-state index contributed by atoms with van der Waals surface area (Å²) in [6.45, 7) is 12.8. The first-order chi connectivity index (χ1) is 20.4. The average molecular weight is 651 g/mol. The first-order valence-electron chi connectivity index (χ1n) is 15.4. The lowest BCUT2D eigenvalue weighted by Crippen LogP contribution is -2.44. The summed E-state index contributed by atoms with van der Waals surface area (Å²) in [6.07, 6.45) is 3.31. The van der Waals surface area contributed by atoms with Gasteiger partial charge in [-0.2, -0.15) is 0 Å². The number of rotatable bonds is 10. The molecule has 0 saturated carbocycles. The van der Waals surface area contributed by atoms with Crippen molar-refractivity contribution in [1.82, 2.24) is 4.90 Å². The maximum absolute atomic E-state index is 14.1. The van der Waals surface area contributed by atoms with Gasteiger partial charge < -0.3 is 19.1 Å². The zero-order valence-electron chi connectivity index (χ0n) is 26.3. The van der Waals surface area contributed by atoms with Crippen LogP contribution in [-0.2, 0) is 20.9 Å². The van der Waals surface area contributed by atoms with Crippen molar-refractivity contribution in [3.05, 3.63) is 80.6 Å². The van der Waals surface area contributed by atoms with Crippen LogP contribution < -0.4 is 9.47 Å². The summed E-state index contributed by atoms with van der Waals surface area (Å²) in [5.74, 6) is 1.10. The van der Waals surface area contributed by atoms with Gasteiger partial charge in [0.1, 0.15) is 6.61 Å². The monoisotopic (exact) mass is 649 g/mol. The van der Waals surface area contributed by atoms with Crippen molar-refractivity contribution in [1.29, 1.82) is 0 Å². The van der Waals surface area contributed by atoms with Crippen LogP contribution in [0.15, 0.2) is 69.5 Å². The molecule has 0 bridgehead atoms. The maximum Gasteiger partial charge on any atom is 0.162 e. The minimum atomic E-state index is -0.421. The van der Waals surface area contributed by atoms with Gasteiger partial charge in [0.05, 0.1) is 6.61 Å². The Morgan fingerprint density at radius 3 is 2.00 bits per heavy atom. The lowest BCUT2D eigenvalue weighted by Gasteiger charge is -2.49. The summed E-state index contributed by atoms with van der Waals surface area (Å²) in [6, 6.07) is 14.0. The molecule has 1 aliphatic heterocycles. The van der Waals surface area contributed by atoms with Crippen molar-refractivity contribution < 1.29 is 23.8 Å². The lowest BCUT2D eigenvalue weighted by molar-refractivity contribution is -0.119. The highest BCUT2D eigenvalue weighted by molar-refractivity contribution is 9.10. The molecule has 2 aromatic carbocycles. The van der Waals surface area contributed by atoms with E-state index in [9.17, 15) is 9.59 Å². The third-order valence-electron chi connectivity index (χ3n) is 8.66. The number of hydrogen-bond acceptors (Lipinski definition) is 6. The number of methoxy groups -OCH3 is 1. The van der Waals surface area contributed by atoms with Gasteiger partial charge in [-0.15, -0.1) is 0 Å². The highest BCUT2D eigenvalue weighted by atomic mass is 79.9. The van der Waals surface area contributed by atoms with Gasteiger partial charge in [0.25, 0.3) is 0 Å². The Morgan fingerprint density at radius 2 is 1.44 bits per heavy atom. The molecule has 0 amide bonds. The van der Waals surface area contributed by atoms with Crippen LogP contribution in [0.4, 0.5) is 0 Å². The number of halogens is 1. The summed E-state index contributed by atoms with van der Waals surface area (Å²) in [7, 11) is 1.71. The Balaban J connectivity index is 1.61. The Kier molecular flexibility index (Phi) is 9.24. The fourth-order valence-electron chi connectivity index (χ4n) is 6.85. The molecule has 2 aliphatic carbocycles. The van der Waals surface area contributed by atoms with Crippen molar-refractivity contribution in [2.45, 2.75) is 79.2 Å². The number of allylic oxidation sites excluding steroid dienone is 4. The Morgan fingerprint density at radius 1 is 0.837 bits per heavy atom. The molecule has 0 aromatic heterocycles. The van der Waals surface area contributed by atoms with Gasteiger partial charge in [0, 0.05) is 66.0 Å². The predicted molar refractivity (Wildman–Crippen MR) is 172 cm³/mol. The van der Waals surface area contributed by atoms with E-state index in [0.717, 1.165) is 63.9 Å². The molecule has 7 heteroatoms. The minimum absolute atomic E-state index is 0.130. The van der Waals surface area contributed by atoms with E-state index in [1.54, 1.807) is 7.11 Å². The molecule has 1 heterocycles. The standard InChI is InChI=1S/C36H44BrNO5/c1-7-42-31-17-24(11-14-30(31)43-22-23-9-12-25(37)13-10-23)32-33-26(18-35(2,3)20-28(33)39)38(15-8-16-41-6)27-19-36(4,5)21-29(40)34(27)32/h9-14,17,32H,7-8,15-16,18-22H2,1-6H3. The van der Waals surface area contributed by atoms with Gasteiger partial charge in [-0.1, -0.05) is 61.8 Å². The van der Waals surface area contributed by atoms with Crippen molar-refractivity contribution in [2.75, 3.05) is 26.9 Å². The fourth-order valence-corrected chi connectivity index (χ4v) is 7.12. The Bertz CT molecular complexity index is 1400. The maximum atomic E-state index is 14.1. The third-order valence-corrected chi connectivity index (χ3v) is 9.19. The van der Waals surface area contributed by atoms with Crippen LogP contribution in [0.3, 0.4) is 0 Å². The number of carbonyl (C=O) groups excluding carboxylic acids is 2. The minimum Gasteiger partial charge on any atom is -0.490 e. The summed E-state index contributed by atoms with van der Waals surface area (Å²) in [4.78, 5) is 30.5. The van der Waals surface area contributed by atoms with Crippen LogP contribution in [0.1, 0.15) is 83.8 Å². The SMILES string of the molecule is CCOc1cc(C2C3=C(CC(C)(C)CC3=O)N(CCCOC)C3=C2C(=O)CC(C)(C)C3)ccc1OCc1ccc(Br)cc1. The molecule has 0 spiro atoms. The predicted octanol–water partition coefficient (Wildman–Crippen LogP) is 8.15. The van der Waals surface area contributed by atoms with Gasteiger partial charge in [0.2, 0.25) is 0 Å². The van der Waals surface area contributed by atoms with Crippen LogP contribution >= 0.6 is 15.9 Å². The number of carbonyl (C=O) groups is 2. The zero-order valence-corrected chi connectivity index (χ0v) is 27.9. The Hall–Kier alpha value is -2.90. The molecular formula is C36H44BrNO5. The van der Waals surface area contributed by atoms with Crippen molar-refractivity contribution >= 4 is 27.5 Å². The summed E-state index contributed by atoms with van der Waals surface area (Å²) in [5.41, 5.74) is 5.31. The van der Waals surface area contributed by atoms with Crippen molar-refractivity contribution in [3.8, 4) is 11.5 Å². The number of Topliss-reactive ketones (excluding diaryl/α,β-unsaturated/α-hetero) is 2. The van der Waals surface area contributed by atoms with Crippen molar-refractivity contribution in [3.63, 3.8) is 0 Å². The number of ether oxygens (including phenoxy) is 3. The largest absolute Gasteiger partial charge is 0.490 e. The highest BCUT2D eigenvalue weighted by Crippen LogP contribution is 2.55. The van der Waals surface area contributed by atoms with Gasteiger partial charge in [-0.05, 0) is 72.4 Å². The second-order valence-corrected chi connectivity index (χ2v) is 14.5. The van der Waals surface area contributed by atoms with Crippen LogP contribution in [0.25, 0.3) is 0 Å². The van der Waals surface area contributed by atoms with E-state index in [-0.39, 0.29) is 22.4 Å². The van der Waals surface area contributed by atoms with Crippen LogP contribution in [-0.4, -0.2) is 43.3 Å². The molecule has 0 radical (unpaired) electrons. The van der Waals surface area contributed by atoms with Crippen LogP contribution in [0.2, 0.25) is 0 Å². The molecular weight excluding hydrogens is 606 g/mol. The molecule has 230 valence electrons. The molecule has 0 saturated heterocycles. The fraction of sp³-hybridized carbons (Fsp3) is 0.500. The molecule has 43 heavy (non-hydrogen) atoms. The van der Waals surface area contributed by atoms with E-state index >= 15 is 0 Å². The van der Waals surface area contributed by atoms with Crippen LogP contribution in [0.5, 0.6) is 11.5 Å². The van der Waals surface area contributed by atoms with E-state index < -0.39 is 5.92 Å². The van der Waals surface area contributed by atoms with Crippen LogP contribution in [0, 0.1) is 10.8 Å². The average Bonchev–Trinajstić information content (AvgIpc) is 2.92. The van der Waals surface area contributed by atoms with E-state index in [4.69, 9.17) is 14.2 Å². The second kappa shape index (κ2) is 12.6. The lowest BCUT2D eigenvalue weighted by atomic mass is 9.63. The summed E-state index contributed by atoms with van der Waals surface area (Å²) < 4.78 is 18.7. The molecule has 5 rings (SSSR count). The zero-order chi connectivity index (χ0) is 30.9. The molecule has 0 N–H and O–H groups in total. The van der Waals surface area contributed by atoms with E-state index in [2.05, 4.69) is 48.5 Å². The molecule has 6 nitrogen and oxygen atoms in total. The topological polar surface area (TPSA) is 65.1 Å². The normalized spacial score (nSPS) is 19.8. The smallest absolute Gasteiger partial charge is 0.162 e. The van der Waals surface area contributed by atoms with Gasteiger partial charge in [0.15, 0.2) is 23.1 Å². The van der Waals surface area contributed by atoms with Gasteiger partial charge >= 0.3 is 0 Å². The first kappa shape index (κ1) is 31.5. The third kappa shape index (κ3) is 6.78. The Labute approximate surface area is 264 Å². The molecule has 3 aliphatic rings. The molecule has 0 fully saturated rings. The van der Waals surface area contributed by atoms with Crippen molar-refractivity contribution in [2.24, 2.45) is 10.8 Å². The highest BCUT2D eigenvalue weighted by Gasteiger charge is 2.49. The van der Waals surface area contributed by atoms with Gasteiger partial charge in [-0.3, -0.25) is 9.59 Å². The van der Waals surface area contributed by atoms with Gasteiger partial charge in [-0.25, -0.2) is 0 Å². The number of benzene rings is 2. The van der Waals surface area contributed by atoms with E-state index in [0.29, 0.717) is 44.2 Å². The molecule has 2 aromatic rings. The molecule has 0 unspecified atom stereocenters. The number of ketones is 2. The van der Waals surface area contributed by atoms with E-state index in [1.165, 1.54) is 0 Å². The second-order valence-electron chi connectivity index (χ2n) is 13.6. The van der Waals surface area contributed by atoms with E-state index in [1.807, 2.05) is 49.4 Å². The summed E-state index contributed by atoms with van der Waals surface area (Å²) in [5, 5.41) is 0. The summed E-state index contributed by atoms with van der Waals surface area (Å²) >= 11 is 3.48. The molecule has 0 atom stereocenters. The first-order valence-corrected chi connectivity index (χ1v) is 16.2.